The fourth-order valence-electron chi connectivity index (χ4n) is 6.79. The summed E-state index contributed by atoms with van der Waals surface area (Å²) in [5, 5.41) is 11.2. The third kappa shape index (κ3) is 1.88. The van der Waals surface area contributed by atoms with Crippen molar-refractivity contribution in [2.75, 3.05) is 0 Å². The molecule has 1 N–H and O–H groups in total. The number of carbonyl (C=O) groups is 1. The summed E-state index contributed by atoms with van der Waals surface area (Å²) in [5.74, 6) is 1.70. The van der Waals surface area contributed by atoms with Crippen molar-refractivity contribution in [2.24, 2.45) is 34.0 Å². The monoisotopic (exact) mass is 314 g/mol. The van der Waals surface area contributed by atoms with E-state index in [1.807, 2.05) is 6.08 Å². The van der Waals surface area contributed by atoms with Crippen LogP contribution < -0.4 is 0 Å². The van der Waals surface area contributed by atoms with E-state index in [0.29, 0.717) is 11.3 Å². The molecule has 2 nitrogen and oxygen atoms in total. The van der Waals surface area contributed by atoms with E-state index < -0.39 is 0 Å². The second-order valence-electron chi connectivity index (χ2n) is 9.63. The standard InChI is InChI=1S/C21H30O2/c1-19(2)9-8-16-15-6-5-13-11-14(22)7-10-20(13,3)18(15)17(23)12-21(16,19)4/h7,10-11,15-18,23H,5-6,8-9,12H2,1-4H3. The summed E-state index contributed by atoms with van der Waals surface area (Å²) in [6.07, 6.45) is 11.1. The Kier molecular flexibility index (Phi) is 3.12. The highest BCUT2D eigenvalue weighted by Gasteiger charge is 2.63. The summed E-state index contributed by atoms with van der Waals surface area (Å²) in [5.41, 5.74) is 1.70. The molecule has 4 aliphatic carbocycles. The van der Waals surface area contributed by atoms with Gasteiger partial charge in [-0.2, -0.15) is 0 Å². The minimum atomic E-state index is -0.259. The van der Waals surface area contributed by atoms with Gasteiger partial charge >= 0.3 is 0 Å². The number of aliphatic hydroxyl groups excluding tert-OH is 1. The van der Waals surface area contributed by atoms with E-state index >= 15 is 0 Å². The molecule has 3 fully saturated rings. The van der Waals surface area contributed by atoms with E-state index in [1.165, 1.54) is 18.4 Å². The lowest BCUT2D eigenvalue weighted by Crippen LogP contribution is -2.56. The number of hydrogen-bond donors (Lipinski definition) is 1. The summed E-state index contributed by atoms with van der Waals surface area (Å²) in [6, 6.07) is 0. The number of ketones is 1. The Hall–Kier alpha value is -0.890. The van der Waals surface area contributed by atoms with Crippen LogP contribution in [0.25, 0.3) is 0 Å². The van der Waals surface area contributed by atoms with Crippen LogP contribution in [0, 0.1) is 34.0 Å². The molecule has 0 amide bonds. The molecular weight excluding hydrogens is 284 g/mol. The normalized spacial score (nSPS) is 50.8. The van der Waals surface area contributed by atoms with Crippen molar-refractivity contribution >= 4 is 5.78 Å². The van der Waals surface area contributed by atoms with Gasteiger partial charge in [-0.25, -0.2) is 0 Å². The van der Waals surface area contributed by atoms with Crippen molar-refractivity contribution in [1.82, 2.24) is 0 Å². The highest BCUT2D eigenvalue weighted by Crippen LogP contribution is 2.69. The molecule has 126 valence electrons. The van der Waals surface area contributed by atoms with Crippen molar-refractivity contribution < 1.29 is 9.90 Å². The number of fused-ring (bicyclic) bond motifs is 5. The second-order valence-corrected chi connectivity index (χ2v) is 9.63. The Morgan fingerprint density at radius 3 is 2.65 bits per heavy atom. The molecule has 4 rings (SSSR count). The van der Waals surface area contributed by atoms with Gasteiger partial charge in [-0.1, -0.05) is 39.3 Å². The zero-order valence-electron chi connectivity index (χ0n) is 14.9. The number of carbonyl (C=O) groups excluding carboxylic acids is 1. The molecule has 0 aromatic heterocycles. The third-order valence-corrected chi connectivity index (χ3v) is 8.51. The molecule has 0 radical (unpaired) electrons. The summed E-state index contributed by atoms with van der Waals surface area (Å²) in [7, 11) is 0. The molecule has 3 saturated carbocycles. The quantitative estimate of drug-likeness (QED) is 0.724. The molecule has 0 aromatic carbocycles. The molecule has 6 unspecified atom stereocenters. The SMILES string of the molecule is CC12C=CC(=O)C=C1CCC1C2C(O)CC2(C)C1CCC2(C)C. The predicted octanol–water partition coefficient (Wildman–Crippen LogP) is 4.29. The maximum absolute atomic E-state index is 11.8. The Morgan fingerprint density at radius 2 is 1.91 bits per heavy atom. The lowest BCUT2D eigenvalue weighted by Gasteiger charge is -2.60. The van der Waals surface area contributed by atoms with Gasteiger partial charge in [0.05, 0.1) is 6.10 Å². The zero-order chi connectivity index (χ0) is 16.6. The van der Waals surface area contributed by atoms with E-state index in [9.17, 15) is 9.90 Å². The van der Waals surface area contributed by atoms with E-state index in [4.69, 9.17) is 0 Å². The predicted molar refractivity (Wildman–Crippen MR) is 91.8 cm³/mol. The smallest absolute Gasteiger partial charge is 0.178 e. The topological polar surface area (TPSA) is 37.3 Å². The fourth-order valence-corrected chi connectivity index (χ4v) is 6.79. The number of aliphatic hydroxyl groups is 1. The maximum Gasteiger partial charge on any atom is 0.178 e. The molecule has 0 spiro atoms. The fraction of sp³-hybridized carbons (Fsp3) is 0.762. The second kappa shape index (κ2) is 4.59. The van der Waals surface area contributed by atoms with Gasteiger partial charge < -0.3 is 5.11 Å². The Balaban J connectivity index is 1.76. The molecule has 0 aromatic rings. The Morgan fingerprint density at radius 1 is 1.17 bits per heavy atom. The van der Waals surface area contributed by atoms with Gasteiger partial charge in [0.2, 0.25) is 0 Å². The first kappa shape index (κ1) is 15.6. The Labute approximate surface area is 140 Å². The van der Waals surface area contributed by atoms with Gasteiger partial charge in [-0.15, -0.1) is 0 Å². The summed E-state index contributed by atoms with van der Waals surface area (Å²) >= 11 is 0. The number of hydrogen-bond acceptors (Lipinski definition) is 2. The van der Waals surface area contributed by atoms with E-state index in [-0.39, 0.29) is 28.6 Å². The van der Waals surface area contributed by atoms with Gasteiger partial charge in [0.25, 0.3) is 0 Å². The minimum Gasteiger partial charge on any atom is -0.393 e. The molecule has 2 heteroatoms. The highest BCUT2D eigenvalue weighted by atomic mass is 16.3. The lowest BCUT2D eigenvalue weighted by atomic mass is 9.45. The third-order valence-electron chi connectivity index (χ3n) is 8.51. The molecule has 23 heavy (non-hydrogen) atoms. The van der Waals surface area contributed by atoms with Gasteiger partial charge in [-0.05, 0) is 66.9 Å². The van der Waals surface area contributed by atoms with Crippen molar-refractivity contribution in [2.45, 2.75) is 65.9 Å². The number of rotatable bonds is 0. The highest BCUT2D eigenvalue weighted by molar-refractivity contribution is 6.01. The molecule has 0 saturated heterocycles. The molecular formula is C21H30O2. The van der Waals surface area contributed by atoms with Crippen LogP contribution in [-0.4, -0.2) is 17.0 Å². The van der Waals surface area contributed by atoms with E-state index in [0.717, 1.165) is 25.2 Å². The minimum absolute atomic E-state index is 0.119. The average Bonchev–Trinajstić information content (AvgIpc) is 2.69. The largest absolute Gasteiger partial charge is 0.393 e. The van der Waals surface area contributed by atoms with Crippen LogP contribution in [0.3, 0.4) is 0 Å². The van der Waals surface area contributed by atoms with Crippen LogP contribution in [0.2, 0.25) is 0 Å². The van der Waals surface area contributed by atoms with Gasteiger partial charge in [-0.3, -0.25) is 4.79 Å². The first-order valence-electron chi connectivity index (χ1n) is 9.31. The first-order valence-corrected chi connectivity index (χ1v) is 9.31. The van der Waals surface area contributed by atoms with Crippen LogP contribution >= 0.6 is 0 Å². The van der Waals surface area contributed by atoms with Crippen LogP contribution in [0.4, 0.5) is 0 Å². The average molecular weight is 314 g/mol. The molecule has 0 aliphatic heterocycles. The van der Waals surface area contributed by atoms with Crippen molar-refractivity contribution in [1.29, 1.82) is 0 Å². The molecule has 4 aliphatic rings. The first-order chi connectivity index (χ1) is 10.7. The van der Waals surface area contributed by atoms with Crippen LogP contribution in [0.5, 0.6) is 0 Å². The van der Waals surface area contributed by atoms with Gasteiger partial charge in [0.1, 0.15) is 0 Å². The van der Waals surface area contributed by atoms with Crippen molar-refractivity contribution in [3.05, 3.63) is 23.8 Å². The van der Waals surface area contributed by atoms with Crippen molar-refractivity contribution in [3.63, 3.8) is 0 Å². The maximum atomic E-state index is 11.8. The summed E-state index contributed by atoms with van der Waals surface area (Å²) in [4.78, 5) is 11.8. The van der Waals surface area contributed by atoms with Gasteiger partial charge in [0, 0.05) is 11.3 Å². The summed E-state index contributed by atoms with van der Waals surface area (Å²) < 4.78 is 0. The summed E-state index contributed by atoms with van der Waals surface area (Å²) in [6.45, 7) is 9.48. The van der Waals surface area contributed by atoms with Crippen molar-refractivity contribution in [3.8, 4) is 0 Å². The van der Waals surface area contributed by atoms with E-state index in [2.05, 4.69) is 33.8 Å². The van der Waals surface area contributed by atoms with Gasteiger partial charge in [0.15, 0.2) is 5.78 Å². The van der Waals surface area contributed by atoms with E-state index in [1.54, 1.807) is 6.08 Å². The Bertz CT molecular complexity index is 613. The molecule has 6 atom stereocenters. The molecule has 0 heterocycles. The number of allylic oxidation sites excluding steroid dienone is 4. The zero-order valence-corrected chi connectivity index (χ0v) is 14.9. The van der Waals surface area contributed by atoms with Crippen LogP contribution in [-0.2, 0) is 4.79 Å². The lowest BCUT2D eigenvalue weighted by molar-refractivity contribution is -0.129. The van der Waals surface area contributed by atoms with Crippen LogP contribution in [0.15, 0.2) is 23.8 Å². The van der Waals surface area contributed by atoms with Crippen LogP contribution in [0.1, 0.15) is 59.8 Å². The molecule has 0 bridgehead atoms.